The Morgan fingerprint density at radius 2 is 1.87 bits per heavy atom. The standard InChI is InChI=1S/C19H21IO3/c20-17-10-9-16(14-23-19-8-4-5-11-21-19)12-18(17)22-13-15-6-2-1-3-7-15/h1-3,6-7,9-10,12,19H,4-5,8,11,13-14H2. The SMILES string of the molecule is Ic1ccc(COC2CCCCO2)cc1OCc1ccccc1. The molecule has 1 fully saturated rings. The van der Waals surface area contributed by atoms with Gasteiger partial charge in [0.2, 0.25) is 0 Å². The maximum Gasteiger partial charge on any atom is 0.158 e. The predicted octanol–water partition coefficient (Wildman–Crippen LogP) is 4.91. The number of ether oxygens (including phenoxy) is 3. The third kappa shape index (κ3) is 5.19. The largest absolute Gasteiger partial charge is 0.488 e. The summed E-state index contributed by atoms with van der Waals surface area (Å²) < 4.78 is 18.5. The molecule has 2 aromatic rings. The molecule has 1 aliphatic rings. The van der Waals surface area contributed by atoms with Gasteiger partial charge in [-0.25, -0.2) is 0 Å². The Hall–Kier alpha value is -1.11. The summed E-state index contributed by atoms with van der Waals surface area (Å²) in [6.07, 6.45) is 3.25. The summed E-state index contributed by atoms with van der Waals surface area (Å²) in [5.74, 6) is 0.903. The average Bonchev–Trinajstić information content (AvgIpc) is 2.62. The van der Waals surface area contributed by atoms with E-state index < -0.39 is 0 Å². The van der Waals surface area contributed by atoms with E-state index in [9.17, 15) is 0 Å². The molecule has 0 N–H and O–H groups in total. The van der Waals surface area contributed by atoms with E-state index in [1.807, 2.05) is 18.2 Å². The van der Waals surface area contributed by atoms with Crippen LogP contribution < -0.4 is 4.74 Å². The molecular formula is C19H21IO3. The fourth-order valence-electron chi connectivity index (χ4n) is 2.52. The molecule has 1 unspecified atom stereocenters. The molecule has 0 saturated carbocycles. The summed E-state index contributed by atoms with van der Waals surface area (Å²) in [4.78, 5) is 0. The summed E-state index contributed by atoms with van der Waals surface area (Å²) in [6.45, 7) is 1.94. The summed E-state index contributed by atoms with van der Waals surface area (Å²) in [5, 5.41) is 0. The Bertz CT molecular complexity index is 609. The van der Waals surface area contributed by atoms with Gasteiger partial charge in [-0.05, 0) is 65.1 Å². The van der Waals surface area contributed by atoms with Crippen molar-refractivity contribution in [1.82, 2.24) is 0 Å². The highest BCUT2D eigenvalue weighted by molar-refractivity contribution is 14.1. The second-order valence-corrected chi connectivity index (χ2v) is 6.81. The van der Waals surface area contributed by atoms with Gasteiger partial charge in [-0.1, -0.05) is 36.4 Å². The second kappa shape index (κ2) is 8.66. The lowest BCUT2D eigenvalue weighted by molar-refractivity contribution is -0.168. The molecule has 1 aliphatic heterocycles. The number of hydrogen-bond donors (Lipinski definition) is 0. The van der Waals surface area contributed by atoms with Crippen molar-refractivity contribution in [3.8, 4) is 5.75 Å². The molecule has 0 spiro atoms. The van der Waals surface area contributed by atoms with Crippen LogP contribution >= 0.6 is 22.6 Å². The fraction of sp³-hybridized carbons (Fsp3) is 0.368. The molecule has 0 aliphatic carbocycles. The fourth-order valence-corrected chi connectivity index (χ4v) is 3.01. The maximum atomic E-state index is 5.96. The highest BCUT2D eigenvalue weighted by atomic mass is 127. The van der Waals surface area contributed by atoms with Crippen LogP contribution in [0.3, 0.4) is 0 Å². The van der Waals surface area contributed by atoms with Crippen LogP contribution in [0.15, 0.2) is 48.5 Å². The van der Waals surface area contributed by atoms with Crippen molar-refractivity contribution in [3.05, 3.63) is 63.2 Å². The molecule has 0 bridgehead atoms. The molecule has 3 nitrogen and oxygen atoms in total. The molecule has 0 amide bonds. The Morgan fingerprint density at radius 1 is 1.00 bits per heavy atom. The van der Waals surface area contributed by atoms with Gasteiger partial charge in [0, 0.05) is 6.61 Å². The van der Waals surface area contributed by atoms with Crippen LogP contribution in [-0.4, -0.2) is 12.9 Å². The summed E-state index contributed by atoms with van der Waals surface area (Å²) >= 11 is 2.30. The van der Waals surface area contributed by atoms with Gasteiger partial charge in [0.15, 0.2) is 6.29 Å². The van der Waals surface area contributed by atoms with Gasteiger partial charge >= 0.3 is 0 Å². The van der Waals surface area contributed by atoms with E-state index in [-0.39, 0.29) is 6.29 Å². The smallest absolute Gasteiger partial charge is 0.158 e. The van der Waals surface area contributed by atoms with Crippen molar-refractivity contribution < 1.29 is 14.2 Å². The molecule has 1 saturated heterocycles. The maximum absolute atomic E-state index is 5.96. The lowest BCUT2D eigenvalue weighted by Gasteiger charge is -2.22. The Labute approximate surface area is 151 Å². The minimum atomic E-state index is -0.0586. The highest BCUT2D eigenvalue weighted by Crippen LogP contribution is 2.24. The molecule has 1 heterocycles. The normalized spacial score (nSPS) is 17.9. The van der Waals surface area contributed by atoms with Crippen LogP contribution in [0.4, 0.5) is 0 Å². The quantitative estimate of drug-likeness (QED) is 0.617. The van der Waals surface area contributed by atoms with Gasteiger partial charge in [-0.15, -0.1) is 0 Å². The average molecular weight is 424 g/mol. The molecule has 1 atom stereocenters. The van der Waals surface area contributed by atoms with Crippen LogP contribution in [0.2, 0.25) is 0 Å². The van der Waals surface area contributed by atoms with Gasteiger partial charge in [0.1, 0.15) is 12.4 Å². The predicted molar refractivity (Wildman–Crippen MR) is 98.3 cm³/mol. The summed E-state index contributed by atoms with van der Waals surface area (Å²) in [5.41, 5.74) is 2.28. The lowest BCUT2D eigenvalue weighted by atomic mass is 10.2. The monoisotopic (exact) mass is 424 g/mol. The van der Waals surface area contributed by atoms with Crippen LogP contribution in [-0.2, 0) is 22.7 Å². The molecule has 122 valence electrons. The number of benzene rings is 2. The second-order valence-electron chi connectivity index (χ2n) is 5.65. The number of halogens is 1. The first-order chi connectivity index (χ1) is 11.3. The number of hydrogen-bond acceptors (Lipinski definition) is 3. The third-order valence-electron chi connectivity index (χ3n) is 3.81. The first-order valence-corrected chi connectivity index (χ1v) is 9.07. The Morgan fingerprint density at radius 3 is 2.65 bits per heavy atom. The zero-order valence-corrected chi connectivity index (χ0v) is 15.2. The topological polar surface area (TPSA) is 27.7 Å². The molecule has 0 radical (unpaired) electrons. The van der Waals surface area contributed by atoms with E-state index >= 15 is 0 Å². The molecule has 0 aromatic heterocycles. The van der Waals surface area contributed by atoms with E-state index in [4.69, 9.17) is 14.2 Å². The first kappa shape index (κ1) is 16.7. The van der Waals surface area contributed by atoms with Crippen LogP contribution in [0.5, 0.6) is 5.75 Å². The van der Waals surface area contributed by atoms with Crippen molar-refractivity contribution >= 4 is 22.6 Å². The molecule has 4 heteroatoms. The van der Waals surface area contributed by atoms with E-state index in [1.54, 1.807) is 0 Å². The molecule has 2 aromatic carbocycles. The van der Waals surface area contributed by atoms with E-state index in [2.05, 4.69) is 52.9 Å². The van der Waals surface area contributed by atoms with Crippen molar-refractivity contribution in [3.63, 3.8) is 0 Å². The lowest BCUT2D eigenvalue weighted by Crippen LogP contribution is -2.22. The van der Waals surface area contributed by atoms with E-state index in [0.717, 1.165) is 34.3 Å². The minimum Gasteiger partial charge on any atom is -0.488 e. The summed E-state index contributed by atoms with van der Waals surface area (Å²) in [7, 11) is 0. The first-order valence-electron chi connectivity index (χ1n) is 7.99. The highest BCUT2D eigenvalue weighted by Gasteiger charge is 2.14. The Kier molecular flexibility index (Phi) is 6.30. The van der Waals surface area contributed by atoms with Gasteiger partial charge in [-0.3, -0.25) is 0 Å². The molecule has 3 rings (SSSR count). The van der Waals surface area contributed by atoms with Gasteiger partial charge in [-0.2, -0.15) is 0 Å². The number of rotatable bonds is 6. The van der Waals surface area contributed by atoms with Crippen molar-refractivity contribution in [2.45, 2.75) is 38.8 Å². The third-order valence-corrected chi connectivity index (χ3v) is 4.70. The van der Waals surface area contributed by atoms with Crippen LogP contribution in [0, 0.1) is 3.57 Å². The zero-order valence-electron chi connectivity index (χ0n) is 13.0. The zero-order chi connectivity index (χ0) is 15.9. The van der Waals surface area contributed by atoms with Crippen molar-refractivity contribution in [2.24, 2.45) is 0 Å². The van der Waals surface area contributed by atoms with E-state index in [1.165, 1.54) is 12.0 Å². The summed E-state index contributed by atoms with van der Waals surface area (Å²) in [6, 6.07) is 16.4. The van der Waals surface area contributed by atoms with Crippen LogP contribution in [0.25, 0.3) is 0 Å². The Balaban J connectivity index is 1.57. The van der Waals surface area contributed by atoms with Gasteiger partial charge in [0.05, 0.1) is 10.2 Å². The molecular weight excluding hydrogens is 403 g/mol. The minimum absolute atomic E-state index is 0.0586. The molecule has 23 heavy (non-hydrogen) atoms. The van der Waals surface area contributed by atoms with Crippen molar-refractivity contribution in [2.75, 3.05) is 6.61 Å². The van der Waals surface area contributed by atoms with Gasteiger partial charge in [0.25, 0.3) is 0 Å². The van der Waals surface area contributed by atoms with Crippen molar-refractivity contribution in [1.29, 1.82) is 0 Å². The van der Waals surface area contributed by atoms with E-state index in [0.29, 0.717) is 13.2 Å². The van der Waals surface area contributed by atoms with Gasteiger partial charge < -0.3 is 14.2 Å². The van der Waals surface area contributed by atoms with Crippen LogP contribution in [0.1, 0.15) is 30.4 Å².